The Labute approximate surface area is 187 Å². The van der Waals surface area contributed by atoms with Gasteiger partial charge >= 0.3 is 0 Å². The van der Waals surface area contributed by atoms with E-state index >= 15 is 0 Å². The molecule has 2 aliphatic heterocycles. The maximum atomic E-state index is 13.2. The highest BCUT2D eigenvalue weighted by Crippen LogP contribution is 2.46. The van der Waals surface area contributed by atoms with Crippen LogP contribution in [0.15, 0.2) is 53.5 Å². The van der Waals surface area contributed by atoms with Crippen LogP contribution >= 0.6 is 0 Å². The summed E-state index contributed by atoms with van der Waals surface area (Å²) in [4.78, 5) is 34.4. The van der Waals surface area contributed by atoms with Crippen LogP contribution in [0.4, 0.5) is 0 Å². The van der Waals surface area contributed by atoms with Crippen LogP contribution in [0.2, 0.25) is 0 Å². The number of amides is 2. The highest BCUT2D eigenvalue weighted by Gasteiger charge is 2.57. The summed E-state index contributed by atoms with van der Waals surface area (Å²) in [7, 11) is 0. The van der Waals surface area contributed by atoms with E-state index in [2.05, 4.69) is 0 Å². The molecule has 6 nitrogen and oxygen atoms in total. The molecule has 2 aliphatic carbocycles. The van der Waals surface area contributed by atoms with Crippen molar-refractivity contribution >= 4 is 17.6 Å². The number of benzene rings is 2. The first-order valence-corrected chi connectivity index (χ1v) is 11.6. The largest absolute Gasteiger partial charge is 0.508 e. The van der Waals surface area contributed by atoms with Crippen LogP contribution in [0.25, 0.3) is 11.1 Å². The molecule has 2 aromatic carbocycles. The quantitative estimate of drug-likeness (QED) is 0.791. The van der Waals surface area contributed by atoms with Crippen LogP contribution in [0.3, 0.4) is 0 Å². The first kappa shape index (κ1) is 19.5. The smallest absolute Gasteiger partial charge is 0.256 e. The number of carbonyl (C=O) groups excluding carboxylic acids is 2. The number of carbonyl (C=O) groups is 2. The minimum atomic E-state index is -0.540. The number of phenolic OH excluding ortho intramolecular Hbond substituents is 1. The predicted octanol–water partition coefficient (Wildman–Crippen LogP) is 3.44. The second-order valence-electron chi connectivity index (χ2n) is 9.72. The molecular formula is C26H27N3O3. The third-order valence-corrected chi connectivity index (χ3v) is 7.23. The molecule has 2 amide bonds. The molecule has 0 unspecified atom stereocenters. The number of hydrogen-bond acceptors (Lipinski definition) is 4. The normalized spacial score (nSPS) is 23.7. The topological polar surface area (TPSA) is 73.2 Å². The molecule has 0 aromatic heterocycles. The van der Waals surface area contributed by atoms with Gasteiger partial charge in [-0.1, -0.05) is 36.4 Å². The van der Waals surface area contributed by atoms with Crippen LogP contribution in [0.1, 0.15) is 37.7 Å². The molecular weight excluding hydrogens is 402 g/mol. The number of likely N-dealkylation sites (tertiary alicyclic amines) is 1. The van der Waals surface area contributed by atoms with E-state index in [1.54, 1.807) is 12.1 Å². The van der Waals surface area contributed by atoms with Gasteiger partial charge < -0.3 is 10.0 Å². The average molecular weight is 430 g/mol. The van der Waals surface area contributed by atoms with Crippen molar-refractivity contribution in [2.45, 2.75) is 37.6 Å². The molecule has 0 bridgehead atoms. The van der Waals surface area contributed by atoms with Crippen molar-refractivity contribution < 1.29 is 14.7 Å². The van der Waals surface area contributed by atoms with Crippen LogP contribution in [-0.4, -0.2) is 57.7 Å². The summed E-state index contributed by atoms with van der Waals surface area (Å²) < 4.78 is 0. The van der Waals surface area contributed by atoms with Gasteiger partial charge in [-0.05, 0) is 61.3 Å². The lowest BCUT2D eigenvalue weighted by atomic mass is 10.0. The van der Waals surface area contributed by atoms with Crippen molar-refractivity contribution in [1.29, 1.82) is 0 Å². The van der Waals surface area contributed by atoms with Crippen molar-refractivity contribution in [3.05, 3.63) is 54.1 Å². The Morgan fingerprint density at radius 3 is 2.47 bits per heavy atom. The minimum absolute atomic E-state index is 0.122. The number of amidine groups is 1. The van der Waals surface area contributed by atoms with Gasteiger partial charge in [0.05, 0.1) is 0 Å². The zero-order valence-electron chi connectivity index (χ0n) is 18.0. The van der Waals surface area contributed by atoms with Crippen LogP contribution in [0.5, 0.6) is 5.75 Å². The summed E-state index contributed by atoms with van der Waals surface area (Å²) in [6.45, 7) is 2.18. The third kappa shape index (κ3) is 3.38. The summed E-state index contributed by atoms with van der Waals surface area (Å²) in [5, 5.41) is 9.76. The standard InChI is InChI=1S/C26H27N3O3/c30-22-3-1-2-21(14-22)18-4-6-19(7-5-18)23-27-26(11-12-26)25(32)29(23)16-17-10-13-28(15-17)24(31)20-8-9-20/h1-7,14,17,20,30H,8-13,15-16H2/t17-/m1/s1. The Kier molecular flexibility index (Phi) is 4.39. The summed E-state index contributed by atoms with van der Waals surface area (Å²) in [6.07, 6.45) is 4.65. The van der Waals surface area contributed by atoms with Gasteiger partial charge in [0.1, 0.15) is 17.1 Å². The van der Waals surface area contributed by atoms with E-state index in [9.17, 15) is 14.7 Å². The number of phenols is 1. The Morgan fingerprint density at radius 1 is 1.03 bits per heavy atom. The van der Waals surface area contributed by atoms with Gasteiger partial charge in [0, 0.05) is 31.1 Å². The maximum Gasteiger partial charge on any atom is 0.256 e. The van der Waals surface area contributed by atoms with Crippen LogP contribution in [-0.2, 0) is 9.59 Å². The minimum Gasteiger partial charge on any atom is -0.508 e. The molecule has 6 rings (SSSR count). The van der Waals surface area contributed by atoms with Crippen molar-refractivity contribution in [2.75, 3.05) is 19.6 Å². The first-order chi connectivity index (χ1) is 15.5. The molecule has 4 aliphatic rings. The van der Waals surface area contributed by atoms with Gasteiger partial charge in [-0.3, -0.25) is 19.5 Å². The van der Waals surface area contributed by atoms with Crippen LogP contribution < -0.4 is 0 Å². The lowest BCUT2D eigenvalue weighted by Crippen LogP contribution is -2.40. The lowest BCUT2D eigenvalue weighted by Gasteiger charge is -2.23. The second-order valence-corrected chi connectivity index (χ2v) is 9.72. The lowest BCUT2D eigenvalue weighted by molar-refractivity contribution is -0.131. The Morgan fingerprint density at radius 2 is 1.78 bits per heavy atom. The zero-order valence-corrected chi connectivity index (χ0v) is 18.0. The second kappa shape index (κ2) is 7.19. The Bertz CT molecular complexity index is 1120. The fourth-order valence-electron chi connectivity index (χ4n) is 5.02. The van der Waals surface area contributed by atoms with E-state index in [1.165, 1.54) is 0 Å². The predicted molar refractivity (Wildman–Crippen MR) is 121 cm³/mol. The van der Waals surface area contributed by atoms with Gasteiger partial charge in [-0.25, -0.2) is 0 Å². The summed E-state index contributed by atoms with van der Waals surface area (Å²) in [5.41, 5.74) is 2.35. The van der Waals surface area contributed by atoms with E-state index in [0.29, 0.717) is 18.4 Å². The SMILES string of the molecule is O=C(C1CC1)N1CC[C@@H](CN2C(=O)C3(CC3)N=C2c2ccc(-c3cccc(O)c3)cc2)C1. The number of hydrogen-bond donors (Lipinski definition) is 1. The number of aromatic hydroxyl groups is 1. The molecule has 164 valence electrons. The van der Waals surface area contributed by atoms with Gasteiger partial charge in [0.25, 0.3) is 5.91 Å². The molecule has 1 saturated heterocycles. The van der Waals surface area contributed by atoms with Crippen molar-refractivity contribution in [2.24, 2.45) is 16.8 Å². The number of nitrogens with zero attached hydrogens (tertiary/aromatic N) is 3. The highest BCUT2D eigenvalue weighted by molar-refractivity contribution is 6.16. The maximum absolute atomic E-state index is 13.2. The van der Waals surface area contributed by atoms with Gasteiger partial charge in [0.15, 0.2) is 0 Å². The molecule has 0 radical (unpaired) electrons. The third-order valence-electron chi connectivity index (χ3n) is 7.23. The van der Waals surface area contributed by atoms with E-state index in [4.69, 9.17) is 4.99 Å². The van der Waals surface area contributed by atoms with E-state index < -0.39 is 5.54 Å². The summed E-state index contributed by atoms with van der Waals surface area (Å²) >= 11 is 0. The fraction of sp³-hybridized carbons (Fsp3) is 0.423. The van der Waals surface area contributed by atoms with Gasteiger partial charge in [-0.2, -0.15) is 0 Å². The number of rotatable bonds is 5. The average Bonchev–Trinajstić information content (AvgIpc) is 3.72. The fourth-order valence-corrected chi connectivity index (χ4v) is 5.02. The molecule has 2 aromatic rings. The molecule has 1 N–H and O–H groups in total. The van der Waals surface area contributed by atoms with Gasteiger partial charge in [0.2, 0.25) is 5.91 Å². The molecule has 1 atom stereocenters. The highest BCUT2D eigenvalue weighted by atomic mass is 16.3. The van der Waals surface area contributed by atoms with Crippen LogP contribution in [0, 0.1) is 11.8 Å². The zero-order chi connectivity index (χ0) is 21.9. The van der Waals surface area contributed by atoms with Crippen molar-refractivity contribution in [3.63, 3.8) is 0 Å². The molecule has 32 heavy (non-hydrogen) atoms. The van der Waals surface area contributed by atoms with Gasteiger partial charge in [-0.15, -0.1) is 0 Å². The molecule has 1 spiro atoms. The van der Waals surface area contributed by atoms with Crippen molar-refractivity contribution in [1.82, 2.24) is 9.80 Å². The molecule has 3 fully saturated rings. The molecule has 6 heteroatoms. The molecule has 2 heterocycles. The number of aliphatic imine (C=N–C) groups is 1. The Hall–Kier alpha value is -3.15. The van der Waals surface area contributed by atoms with E-state index in [-0.39, 0.29) is 17.6 Å². The van der Waals surface area contributed by atoms with E-state index in [1.807, 2.05) is 46.2 Å². The first-order valence-electron chi connectivity index (χ1n) is 11.6. The van der Waals surface area contributed by atoms with Crippen molar-refractivity contribution in [3.8, 4) is 16.9 Å². The Balaban J connectivity index is 1.21. The van der Waals surface area contributed by atoms with E-state index in [0.717, 1.165) is 67.7 Å². The molecule has 2 saturated carbocycles. The summed E-state index contributed by atoms with van der Waals surface area (Å²) in [6, 6.07) is 15.2. The summed E-state index contributed by atoms with van der Waals surface area (Å²) in [5.74, 6) is 1.98. The monoisotopic (exact) mass is 429 g/mol.